The first-order valence-electron chi connectivity index (χ1n) is 12.7. The van der Waals surface area contributed by atoms with Crippen LogP contribution in [0.3, 0.4) is 0 Å². The number of nitrogens with zero attached hydrogens (tertiary/aromatic N) is 3. The lowest BCUT2D eigenvalue weighted by molar-refractivity contribution is -0.127. The number of aromatic nitrogens is 2. The predicted octanol–water partition coefficient (Wildman–Crippen LogP) is 3.60. The van der Waals surface area contributed by atoms with E-state index < -0.39 is 24.2 Å². The van der Waals surface area contributed by atoms with E-state index in [2.05, 4.69) is 21.4 Å². The Bertz CT molecular complexity index is 1380. The van der Waals surface area contributed by atoms with E-state index in [0.29, 0.717) is 34.7 Å². The minimum absolute atomic E-state index is 0.0626. The summed E-state index contributed by atoms with van der Waals surface area (Å²) in [6, 6.07) is 5.25. The van der Waals surface area contributed by atoms with E-state index >= 15 is 0 Å². The van der Waals surface area contributed by atoms with Crippen LogP contribution in [0.15, 0.2) is 72.4 Å². The van der Waals surface area contributed by atoms with Gasteiger partial charge in [-0.2, -0.15) is 0 Å². The highest BCUT2D eigenvalue weighted by atomic mass is 16.6. The van der Waals surface area contributed by atoms with Crippen molar-refractivity contribution >= 4 is 23.0 Å². The molecule has 2 aromatic rings. The van der Waals surface area contributed by atoms with Crippen LogP contribution in [-0.2, 0) is 19.0 Å². The fraction of sp³-hybridized carbons (Fsp3) is 0.357. The molecule has 0 spiro atoms. The molecule has 3 heterocycles. The normalized spacial score (nSPS) is 20.2. The highest BCUT2D eigenvalue weighted by Crippen LogP contribution is 2.30. The number of carbonyl (C=O) groups is 2. The lowest BCUT2D eigenvalue weighted by Gasteiger charge is -2.23. The monoisotopic (exact) mass is 534 g/mol. The first-order chi connectivity index (χ1) is 18.9. The maximum absolute atomic E-state index is 12.9. The average Bonchev–Trinajstić information content (AvgIpc) is 3.36. The van der Waals surface area contributed by atoms with Crippen LogP contribution in [-0.4, -0.2) is 58.3 Å². The Balaban J connectivity index is 1.16. The van der Waals surface area contributed by atoms with E-state index in [-0.39, 0.29) is 24.9 Å². The minimum Gasteiger partial charge on any atom is -0.480 e. The first kappa shape index (κ1) is 26.2. The summed E-state index contributed by atoms with van der Waals surface area (Å²) in [6.45, 7) is 1.72. The molecular formula is C28H30N4O7. The Morgan fingerprint density at radius 3 is 3.00 bits per heavy atom. The minimum atomic E-state index is -1.04. The van der Waals surface area contributed by atoms with E-state index in [9.17, 15) is 14.7 Å². The average molecular weight is 535 g/mol. The molecule has 11 heteroatoms. The Hall–Kier alpha value is -4.38. The molecule has 2 amide bonds. The van der Waals surface area contributed by atoms with Gasteiger partial charge >= 0.3 is 6.09 Å². The lowest BCUT2D eigenvalue weighted by atomic mass is 10.0. The molecule has 1 aromatic carbocycles. The molecule has 39 heavy (non-hydrogen) atoms. The van der Waals surface area contributed by atoms with Crippen molar-refractivity contribution in [1.82, 2.24) is 20.2 Å². The zero-order valence-electron chi connectivity index (χ0n) is 21.7. The molecule has 2 aliphatic heterocycles. The quantitative estimate of drug-likeness (QED) is 0.495. The van der Waals surface area contributed by atoms with Gasteiger partial charge in [0.05, 0.1) is 42.9 Å². The van der Waals surface area contributed by atoms with Gasteiger partial charge in [-0.15, -0.1) is 0 Å². The fourth-order valence-electron chi connectivity index (χ4n) is 4.54. The third-order valence-corrected chi connectivity index (χ3v) is 6.80. The molecule has 3 atom stereocenters. The predicted molar refractivity (Wildman–Crippen MR) is 140 cm³/mol. The zero-order valence-corrected chi connectivity index (χ0v) is 21.7. The van der Waals surface area contributed by atoms with Gasteiger partial charge in [-0.05, 0) is 25.8 Å². The zero-order chi connectivity index (χ0) is 27.4. The lowest BCUT2D eigenvalue weighted by Crippen LogP contribution is -2.39. The van der Waals surface area contributed by atoms with E-state index in [1.54, 1.807) is 25.1 Å². The molecular weight excluding hydrogens is 504 g/mol. The summed E-state index contributed by atoms with van der Waals surface area (Å²) in [6.07, 6.45) is 10.6. The van der Waals surface area contributed by atoms with Gasteiger partial charge in [0.2, 0.25) is 17.7 Å². The summed E-state index contributed by atoms with van der Waals surface area (Å²) in [5.41, 5.74) is 2.80. The van der Waals surface area contributed by atoms with Crippen molar-refractivity contribution < 1.29 is 33.6 Å². The van der Waals surface area contributed by atoms with Gasteiger partial charge in [0.1, 0.15) is 18.1 Å². The van der Waals surface area contributed by atoms with Gasteiger partial charge in [-0.1, -0.05) is 35.9 Å². The molecule has 0 saturated carbocycles. The Morgan fingerprint density at radius 2 is 2.21 bits per heavy atom. The van der Waals surface area contributed by atoms with Crippen LogP contribution in [0.2, 0.25) is 0 Å². The number of methoxy groups -OCH3 is 1. The number of aliphatic hydroxyl groups excluding tert-OH is 1. The second kappa shape index (κ2) is 11.6. The smallest absolute Gasteiger partial charge is 0.417 e. The number of allylic oxidation sites excluding steroid dienone is 4. The summed E-state index contributed by atoms with van der Waals surface area (Å²) in [5.74, 6) is 0.0622. The maximum Gasteiger partial charge on any atom is 0.417 e. The van der Waals surface area contributed by atoms with Crippen LogP contribution in [0.25, 0.3) is 11.0 Å². The summed E-state index contributed by atoms with van der Waals surface area (Å²) >= 11 is 0. The van der Waals surface area contributed by atoms with Crippen LogP contribution in [0.1, 0.15) is 37.9 Å². The van der Waals surface area contributed by atoms with Crippen molar-refractivity contribution in [2.75, 3.05) is 20.2 Å². The van der Waals surface area contributed by atoms with Crippen molar-refractivity contribution in [2.24, 2.45) is 5.92 Å². The number of aliphatic hydroxyl groups is 1. The van der Waals surface area contributed by atoms with Gasteiger partial charge < -0.3 is 29.4 Å². The van der Waals surface area contributed by atoms with Crippen molar-refractivity contribution in [3.05, 3.63) is 77.9 Å². The molecule has 3 unspecified atom stereocenters. The third-order valence-electron chi connectivity index (χ3n) is 6.80. The number of para-hydroxylation sites is 1. The Kier molecular flexibility index (Phi) is 7.78. The number of hydrogen-bond acceptors (Lipinski definition) is 9. The summed E-state index contributed by atoms with van der Waals surface area (Å²) < 4.78 is 22.0. The second-order valence-electron chi connectivity index (χ2n) is 9.46. The standard InChI is InChI=1S/C28H30N4O7/c1-17(27(34)30-12-22(33)20-9-6-10-21-26(20)31-24(36-2)13-29-21)23-14-32(28(35)39-23)25-16-37-15-19(38-25)11-18-7-4-3-5-8-18/h3-4,6-7,9-10,13,15-17,22-23,33H,5,8,11-12,14H2,1-2H3,(H,30,34). The number of amides is 2. The van der Waals surface area contributed by atoms with Crippen LogP contribution in [0.5, 0.6) is 5.88 Å². The van der Waals surface area contributed by atoms with E-state index in [1.807, 2.05) is 12.2 Å². The number of nitrogens with one attached hydrogen (secondary N) is 1. The summed E-state index contributed by atoms with van der Waals surface area (Å²) in [5, 5.41) is 13.6. The van der Waals surface area contributed by atoms with Crippen molar-refractivity contribution in [2.45, 2.75) is 38.4 Å². The largest absolute Gasteiger partial charge is 0.480 e. The molecule has 1 aliphatic carbocycles. The fourth-order valence-corrected chi connectivity index (χ4v) is 4.54. The highest BCUT2D eigenvalue weighted by molar-refractivity contribution is 5.81. The topological polar surface area (TPSA) is 132 Å². The van der Waals surface area contributed by atoms with Gasteiger partial charge in [0.15, 0.2) is 6.26 Å². The van der Waals surface area contributed by atoms with E-state index in [4.69, 9.17) is 18.9 Å². The van der Waals surface area contributed by atoms with Gasteiger partial charge in [0, 0.05) is 18.5 Å². The number of benzene rings is 1. The SMILES string of the molecule is COc1cnc2cccc(C(O)CNC(=O)C(C)C3CN(C4=COC=C(CC5=CC=CCC5)O4)C(=O)O3)c2n1. The maximum atomic E-state index is 12.9. The molecule has 2 N–H and O–H groups in total. The molecule has 1 fully saturated rings. The van der Waals surface area contributed by atoms with Crippen molar-refractivity contribution in [3.8, 4) is 5.88 Å². The molecule has 0 radical (unpaired) electrons. The van der Waals surface area contributed by atoms with E-state index in [0.717, 1.165) is 12.8 Å². The van der Waals surface area contributed by atoms with Crippen LogP contribution < -0.4 is 10.1 Å². The number of carbonyl (C=O) groups excluding carboxylic acids is 2. The molecule has 3 aliphatic rings. The van der Waals surface area contributed by atoms with Crippen LogP contribution in [0.4, 0.5) is 4.79 Å². The van der Waals surface area contributed by atoms with Crippen molar-refractivity contribution in [3.63, 3.8) is 0 Å². The van der Waals surface area contributed by atoms with Gasteiger partial charge in [-0.3, -0.25) is 4.79 Å². The Labute approximate surface area is 225 Å². The third kappa shape index (κ3) is 5.88. The van der Waals surface area contributed by atoms with E-state index in [1.165, 1.54) is 36.3 Å². The number of fused-ring (bicyclic) bond motifs is 1. The molecule has 5 rings (SSSR count). The number of cyclic esters (lactones) is 1. The molecule has 204 valence electrons. The molecule has 1 saturated heterocycles. The first-order valence-corrected chi connectivity index (χ1v) is 12.7. The second-order valence-corrected chi connectivity index (χ2v) is 9.46. The summed E-state index contributed by atoms with van der Waals surface area (Å²) in [7, 11) is 1.49. The van der Waals surface area contributed by atoms with Gasteiger partial charge in [0.25, 0.3) is 0 Å². The summed E-state index contributed by atoms with van der Waals surface area (Å²) in [4.78, 5) is 35.5. The Morgan fingerprint density at radius 1 is 1.33 bits per heavy atom. The number of rotatable bonds is 9. The van der Waals surface area contributed by atoms with Crippen LogP contribution in [0, 0.1) is 5.92 Å². The highest BCUT2D eigenvalue weighted by Gasteiger charge is 2.41. The van der Waals surface area contributed by atoms with Crippen molar-refractivity contribution in [1.29, 1.82) is 0 Å². The van der Waals surface area contributed by atoms with Gasteiger partial charge in [-0.25, -0.2) is 19.7 Å². The number of ether oxygens (including phenoxy) is 4. The van der Waals surface area contributed by atoms with Crippen LogP contribution >= 0.6 is 0 Å². The molecule has 11 nitrogen and oxygen atoms in total. The molecule has 1 aromatic heterocycles. The number of hydrogen-bond donors (Lipinski definition) is 2. The molecule has 0 bridgehead atoms.